The lowest BCUT2D eigenvalue weighted by molar-refractivity contribution is 0.482. The van der Waals surface area contributed by atoms with Crippen molar-refractivity contribution >= 4 is 0 Å². The van der Waals surface area contributed by atoms with Crippen LogP contribution in [0, 0.1) is 11.8 Å². The summed E-state index contributed by atoms with van der Waals surface area (Å²) in [6, 6.07) is 9.38. The molecule has 0 amide bonds. The van der Waals surface area contributed by atoms with Gasteiger partial charge in [0.15, 0.2) is 0 Å². The van der Waals surface area contributed by atoms with Crippen molar-refractivity contribution in [2.24, 2.45) is 11.8 Å². The molecule has 0 N–H and O–H groups in total. The number of hydrogen-bond donors (Lipinski definition) is 0. The zero-order chi connectivity index (χ0) is 17.2. The average Bonchev–Trinajstić information content (AvgIpc) is 3.26. The van der Waals surface area contributed by atoms with Crippen molar-refractivity contribution < 1.29 is 0 Å². The summed E-state index contributed by atoms with van der Waals surface area (Å²) in [7, 11) is 0. The third kappa shape index (κ3) is 3.50. The summed E-state index contributed by atoms with van der Waals surface area (Å²) in [5.74, 6) is 1.18. The first-order valence-corrected chi connectivity index (χ1v) is 9.37. The van der Waals surface area contributed by atoms with E-state index in [-0.39, 0.29) is 0 Å². The Morgan fingerprint density at radius 3 is 2.54 bits per heavy atom. The van der Waals surface area contributed by atoms with Crippen LogP contribution >= 0.6 is 0 Å². The van der Waals surface area contributed by atoms with Crippen molar-refractivity contribution in [1.29, 1.82) is 0 Å². The standard InChI is InChI=1S/C24H30/c1-5-21(6-2)19(4)16-20-10-12-23(13-11-20)24(14-15-24)17-22-9-7-8-18(22)3/h5,10-13,19,22H,1-3,7-9,14-17H2,4H3. The van der Waals surface area contributed by atoms with Gasteiger partial charge in [-0.2, -0.15) is 0 Å². The average molecular weight is 319 g/mol. The van der Waals surface area contributed by atoms with Gasteiger partial charge in [0.05, 0.1) is 0 Å². The van der Waals surface area contributed by atoms with Crippen molar-refractivity contribution in [1.82, 2.24) is 0 Å². The van der Waals surface area contributed by atoms with E-state index in [1.54, 1.807) is 5.56 Å². The van der Waals surface area contributed by atoms with Crippen molar-refractivity contribution in [3.05, 3.63) is 78.1 Å². The first-order valence-electron chi connectivity index (χ1n) is 9.37. The van der Waals surface area contributed by atoms with Crippen LogP contribution in [-0.4, -0.2) is 0 Å². The fraction of sp³-hybridized carbons (Fsp3) is 0.458. The van der Waals surface area contributed by atoms with E-state index in [1.165, 1.54) is 49.7 Å². The van der Waals surface area contributed by atoms with Crippen LogP contribution in [-0.2, 0) is 11.8 Å². The van der Waals surface area contributed by atoms with E-state index in [2.05, 4.69) is 56.7 Å². The molecule has 24 heavy (non-hydrogen) atoms. The van der Waals surface area contributed by atoms with E-state index in [1.807, 2.05) is 6.08 Å². The molecule has 2 fully saturated rings. The lowest BCUT2D eigenvalue weighted by atomic mass is 9.83. The monoisotopic (exact) mass is 318 g/mol. The Labute approximate surface area is 147 Å². The quantitative estimate of drug-likeness (QED) is 0.304. The molecular formula is C24H30. The topological polar surface area (TPSA) is 0 Å². The molecule has 0 heteroatoms. The predicted molar refractivity (Wildman–Crippen MR) is 104 cm³/mol. The van der Waals surface area contributed by atoms with Gasteiger partial charge in [-0.15, -0.1) is 5.73 Å². The van der Waals surface area contributed by atoms with E-state index < -0.39 is 0 Å². The van der Waals surface area contributed by atoms with E-state index in [0.29, 0.717) is 11.3 Å². The molecule has 2 aliphatic rings. The summed E-state index contributed by atoms with van der Waals surface area (Å²) in [6.45, 7) is 14.1. The van der Waals surface area contributed by atoms with Gasteiger partial charge in [-0.25, -0.2) is 0 Å². The van der Waals surface area contributed by atoms with Gasteiger partial charge < -0.3 is 0 Å². The van der Waals surface area contributed by atoms with Crippen molar-refractivity contribution in [3.8, 4) is 0 Å². The highest BCUT2D eigenvalue weighted by molar-refractivity contribution is 5.35. The van der Waals surface area contributed by atoms with Crippen LogP contribution < -0.4 is 0 Å². The van der Waals surface area contributed by atoms with Gasteiger partial charge in [-0.1, -0.05) is 62.6 Å². The zero-order valence-electron chi connectivity index (χ0n) is 15.1. The van der Waals surface area contributed by atoms with Crippen LogP contribution in [0.2, 0.25) is 0 Å². The molecule has 0 aromatic heterocycles. The molecule has 0 bridgehead atoms. The molecule has 2 saturated carbocycles. The molecule has 0 spiro atoms. The Hall–Kier alpha value is -1.78. The third-order valence-corrected chi connectivity index (χ3v) is 6.18. The van der Waals surface area contributed by atoms with Gasteiger partial charge in [-0.3, -0.25) is 0 Å². The Morgan fingerprint density at radius 1 is 1.33 bits per heavy atom. The van der Waals surface area contributed by atoms with Crippen molar-refractivity contribution in [2.45, 2.75) is 57.3 Å². The minimum Gasteiger partial charge on any atom is -0.125 e. The molecule has 0 aliphatic heterocycles. The number of allylic oxidation sites excluding steroid dienone is 3. The second kappa shape index (κ2) is 6.99. The number of hydrogen-bond acceptors (Lipinski definition) is 0. The molecule has 1 aromatic rings. The Kier molecular flexibility index (Phi) is 4.97. The molecule has 2 atom stereocenters. The predicted octanol–water partition coefficient (Wildman–Crippen LogP) is 6.54. The van der Waals surface area contributed by atoms with E-state index in [0.717, 1.165) is 17.9 Å². The van der Waals surface area contributed by atoms with Crippen molar-refractivity contribution in [3.63, 3.8) is 0 Å². The maximum atomic E-state index is 4.30. The van der Waals surface area contributed by atoms with Crippen LogP contribution in [0.5, 0.6) is 0 Å². The normalized spacial score (nSPS) is 22.7. The summed E-state index contributed by atoms with van der Waals surface area (Å²) in [4.78, 5) is 0. The minimum absolute atomic E-state index is 0.419. The molecule has 0 radical (unpaired) electrons. The van der Waals surface area contributed by atoms with Crippen LogP contribution in [0.1, 0.15) is 56.6 Å². The molecule has 2 unspecified atom stereocenters. The van der Waals surface area contributed by atoms with Crippen LogP contribution in [0.15, 0.2) is 67.0 Å². The maximum Gasteiger partial charge on any atom is -0.00406 e. The highest BCUT2D eigenvalue weighted by atomic mass is 14.5. The molecule has 0 saturated heterocycles. The van der Waals surface area contributed by atoms with Gasteiger partial charge in [0.25, 0.3) is 0 Å². The summed E-state index contributed by atoms with van der Waals surface area (Å²) in [5, 5.41) is 0. The second-order valence-corrected chi connectivity index (χ2v) is 7.87. The van der Waals surface area contributed by atoms with E-state index in [4.69, 9.17) is 0 Å². The lowest BCUT2D eigenvalue weighted by Crippen LogP contribution is -2.13. The smallest absolute Gasteiger partial charge is 0.00406 e. The molecule has 1 aromatic carbocycles. The second-order valence-electron chi connectivity index (χ2n) is 7.87. The van der Waals surface area contributed by atoms with Gasteiger partial charge in [0.1, 0.15) is 0 Å². The van der Waals surface area contributed by atoms with Crippen LogP contribution in [0.4, 0.5) is 0 Å². The fourth-order valence-corrected chi connectivity index (χ4v) is 4.37. The highest BCUT2D eigenvalue weighted by Crippen LogP contribution is 2.55. The summed E-state index contributed by atoms with van der Waals surface area (Å²) in [6.07, 6.45) is 10.9. The van der Waals surface area contributed by atoms with E-state index >= 15 is 0 Å². The molecule has 2 aliphatic carbocycles. The van der Waals surface area contributed by atoms with Crippen LogP contribution in [0.3, 0.4) is 0 Å². The molecule has 0 nitrogen and oxygen atoms in total. The zero-order valence-corrected chi connectivity index (χ0v) is 15.1. The molecule has 126 valence electrons. The minimum atomic E-state index is 0.419. The van der Waals surface area contributed by atoms with E-state index in [9.17, 15) is 0 Å². The first-order chi connectivity index (χ1) is 11.6. The largest absolute Gasteiger partial charge is 0.125 e. The molecular weight excluding hydrogens is 288 g/mol. The summed E-state index contributed by atoms with van der Waals surface area (Å²) < 4.78 is 0. The SMILES string of the molecule is C=C=C(C=C)C(C)Cc1ccc(C2(CC3CCCC3=C)CC2)cc1. The van der Waals surface area contributed by atoms with Crippen LogP contribution in [0.25, 0.3) is 0 Å². The fourth-order valence-electron chi connectivity index (χ4n) is 4.37. The molecule has 3 rings (SSSR count). The number of rotatable bonds is 7. The maximum absolute atomic E-state index is 4.30. The Morgan fingerprint density at radius 2 is 2.04 bits per heavy atom. The van der Waals surface area contributed by atoms with Gasteiger partial charge in [-0.05, 0) is 78.9 Å². The Bertz CT molecular complexity index is 662. The summed E-state index contributed by atoms with van der Waals surface area (Å²) >= 11 is 0. The molecule has 0 heterocycles. The third-order valence-electron chi connectivity index (χ3n) is 6.18. The highest BCUT2D eigenvalue weighted by Gasteiger charge is 2.46. The summed E-state index contributed by atoms with van der Waals surface area (Å²) in [5.41, 5.74) is 9.00. The van der Waals surface area contributed by atoms with Crippen molar-refractivity contribution in [2.75, 3.05) is 0 Å². The van der Waals surface area contributed by atoms with Gasteiger partial charge in [0, 0.05) is 0 Å². The Balaban J connectivity index is 1.67. The van der Waals surface area contributed by atoms with Gasteiger partial charge in [0.2, 0.25) is 0 Å². The lowest BCUT2D eigenvalue weighted by Gasteiger charge is -2.21. The number of benzene rings is 1. The van der Waals surface area contributed by atoms with Gasteiger partial charge >= 0.3 is 0 Å². The first kappa shape index (κ1) is 17.1.